The maximum absolute atomic E-state index is 10.8. The molecule has 88 valence electrons. The quantitative estimate of drug-likeness (QED) is 0.503. The molecule has 1 rings (SSSR count). The fourth-order valence-corrected chi connectivity index (χ4v) is 1.54. The second kappa shape index (κ2) is 6.76. The van der Waals surface area contributed by atoms with Crippen molar-refractivity contribution < 1.29 is 9.53 Å². The smallest absolute Gasteiger partial charge is 0.305 e. The number of esters is 1. The van der Waals surface area contributed by atoms with Crippen molar-refractivity contribution in [1.29, 1.82) is 0 Å². The second-order valence-electron chi connectivity index (χ2n) is 3.88. The van der Waals surface area contributed by atoms with Gasteiger partial charge in [-0.15, -0.1) is 0 Å². The van der Waals surface area contributed by atoms with Gasteiger partial charge in [0.05, 0.1) is 7.11 Å². The summed E-state index contributed by atoms with van der Waals surface area (Å²) in [6.45, 7) is 5.15. The minimum atomic E-state index is -0.129. The minimum absolute atomic E-state index is 0.129. The average Bonchev–Trinajstić information content (AvgIpc) is 2.26. The van der Waals surface area contributed by atoms with Crippen molar-refractivity contribution in [3.05, 3.63) is 0 Å². The van der Waals surface area contributed by atoms with Gasteiger partial charge in [-0.05, 0) is 13.5 Å². The topological polar surface area (TPSA) is 44.8 Å². The molecule has 1 aliphatic heterocycles. The molecule has 0 amide bonds. The molecule has 5 heteroatoms. The molecular weight excluding hydrogens is 194 g/mol. The molecule has 0 atom stereocenters. The standard InChI is InChI=1S/C10H21N3O2/c1-12-6-8-13(9-7-12)11-5-3-4-10(14)15-2/h11H,3-9H2,1-2H3. The summed E-state index contributed by atoms with van der Waals surface area (Å²) in [4.78, 5) is 13.1. The molecule has 1 aliphatic rings. The summed E-state index contributed by atoms with van der Waals surface area (Å²) >= 11 is 0. The molecule has 1 N–H and O–H groups in total. The van der Waals surface area contributed by atoms with Crippen molar-refractivity contribution in [2.75, 3.05) is 46.9 Å². The Labute approximate surface area is 91.3 Å². The molecule has 0 radical (unpaired) electrons. The van der Waals surface area contributed by atoms with E-state index in [9.17, 15) is 4.79 Å². The van der Waals surface area contributed by atoms with E-state index in [0.29, 0.717) is 6.42 Å². The van der Waals surface area contributed by atoms with Crippen molar-refractivity contribution in [2.45, 2.75) is 12.8 Å². The Balaban J connectivity index is 1.98. The summed E-state index contributed by atoms with van der Waals surface area (Å²) in [7, 11) is 3.56. The third kappa shape index (κ3) is 5.11. The molecule has 0 aromatic rings. The van der Waals surface area contributed by atoms with Crippen LogP contribution >= 0.6 is 0 Å². The highest BCUT2D eigenvalue weighted by atomic mass is 16.5. The Morgan fingerprint density at radius 3 is 2.60 bits per heavy atom. The molecule has 5 nitrogen and oxygen atoms in total. The number of piperazine rings is 1. The third-order valence-corrected chi connectivity index (χ3v) is 2.62. The molecule has 1 saturated heterocycles. The molecule has 0 bridgehead atoms. The fourth-order valence-electron chi connectivity index (χ4n) is 1.54. The maximum Gasteiger partial charge on any atom is 0.305 e. The van der Waals surface area contributed by atoms with E-state index in [-0.39, 0.29) is 5.97 Å². The van der Waals surface area contributed by atoms with Crippen LogP contribution in [0.2, 0.25) is 0 Å². The van der Waals surface area contributed by atoms with E-state index in [0.717, 1.165) is 39.1 Å². The van der Waals surface area contributed by atoms with Crippen LogP contribution in [0.15, 0.2) is 0 Å². The lowest BCUT2D eigenvalue weighted by Gasteiger charge is -2.32. The largest absolute Gasteiger partial charge is 0.469 e. The van der Waals surface area contributed by atoms with Crippen LogP contribution in [0.4, 0.5) is 0 Å². The SMILES string of the molecule is COC(=O)CCCNN1CCN(C)CC1. The lowest BCUT2D eigenvalue weighted by atomic mass is 10.3. The van der Waals surface area contributed by atoms with Gasteiger partial charge in [0, 0.05) is 39.1 Å². The number of carbonyl (C=O) groups excluding carboxylic acids is 1. The number of nitrogens with one attached hydrogen (secondary N) is 1. The van der Waals surface area contributed by atoms with E-state index >= 15 is 0 Å². The number of rotatable bonds is 5. The summed E-state index contributed by atoms with van der Waals surface area (Å²) in [5.41, 5.74) is 3.32. The van der Waals surface area contributed by atoms with E-state index in [1.54, 1.807) is 0 Å². The van der Waals surface area contributed by atoms with E-state index in [1.807, 2.05) is 0 Å². The summed E-state index contributed by atoms with van der Waals surface area (Å²) in [5.74, 6) is -0.129. The monoisotopic (exact) mass is 215 g/mol. The molecular formula is C10H21N3O2. The first-order valence-corrected chi connectivity index (χ1v) is 5.46. The maximum atomic E-state index is 10.8. The van der Waals surface area contributed by atoms with Gasteiger partial charge in [0.25, 0.3) is 0 Å². The lowest BCUT2D eigenvalue weighted by molar-refractivity contribution is -0.140. The summed E-state index contributed by atoms with van der Waals surface area (Å²) in [6, 6.07) is 0. The van der Waals surface area contributed by atoms with Gasteiger partial charge in [-0.25, -0.2) is 5.01 Å². The fraction of sp³-hybridized carbons (Fsp3) is 0.900. The van der Waals surface area contributed by atoms with Crippen LogP contribution in [0.25, 0.3) is 0 Å². The Morgan fingerprint density at radius 1 is 1.33 bits per heavy atom. The summed E-state index contributed by atoms with van der Waals surface area (Å²) in [5, 5.41) is 2.22. The van der Waals surface area contributed by atoms with Gasteiger partial charge in [0.2, 0.25) is 0 Å². The molecule has 0 saturated carbocycles. The van der Waals surface area contributed by atoms with Gasteiger partial charge in [-0.1, -0.05) is 0 Å². The Hall–Kier alpha value is -0.650. The number of hydrogen-bond acceptors (Lipinski definition) is 5. The van der Waals surface area contributed by atoms with Crippen molar-refractivity contribution in [3.63, 3.8) is 0 Å². The Bertz CT molecular complexity index is 191. The summed E-state index contributed by atoms with van der Waals surface area (Å²) < 4.78 is 4.57. The molecule has 1 heterocycles. The number of hydrogen-bond donors (Lipinski definition) is 1. The van der Waals surface area contributed by atoms with Crippen LogP contribution in [-0.2, 0) is 9.53 Å². The minimum Gasteiger partial charge on any atom is -0.469 e. The molecule has 0 aromatic carbocycles. The summed E-state index contributed by atoms with van der Waals surface area (Å²) in [6.07, 6.45) is 1.33. The highest BCUT2D eigenvalue weighted by Gasteiger charge is 2.12. The van der Waals surface area contributed by atoms with Crippen LogP contribution in [-0.4, -0.2) is 62.8 Å². The molecule has 15 heavy (non-hydrogen) atoms. The van der Waals surface area contributed by atoms with Crippen molar-refractivity contribution in [2.24, 2.45) is 0 Å². The lowest BCUT2D eigenvalue weighted by Crippen LogP contribution is -2.50. The Morgan fingerprint density at radius 2 is 2.00 bits per heavy atom. The number of nitrogens with zero attached hydrogens (tertiary/aromatic N) is 2. The molecule has 1 fully saturated rings. The normalized spacial score (nSPS) is 19.1. The first kappa shape index (κ1) is 12.4. The Kier molecular flexibility index (Phi) is 5.60. The number of carbonyl (C=O) groups is 1. The van der Waals surface area contributed by atoms with Gasteiger partial charge in [0.15, 0.2) is 0 Å². The molecule has 0 spiro atoms. The van der Waals surface area contributed by atoms with Gasteiger partial charge in [-0.2, -0.15) is 0 Å². The van der Waals surface area contributed by atoms with E-state index in [4.69, 9.17) is 0 Å². The van der Waals surface area contributed by atoms with E-state index in [2.05, 4.69) is 27.1 Å². The van der Waals surface area contributed by atoms with Gasteiger partial charge in [-0.3, -0.25) is 10.2 Å². The third-order valence-electron chi connectivity index (χ3n) is 2.62. The van der Waals surface area contributed by atoms with E-state index < -0.39 is 0 Å². The van der Waals surface area contributed by atoms with Crippen LogP contribution < -0.4 is 5.43 Å². The zero-order chi connectivity index (χ0) is 11.1. The number of ether oxygens (including phenoxy) is 1. The van der Waals surface area contributed by atoms with Crippen molar-refractivity contribution in [3.8, 4) is 0 Å². The first-order chi connectivity index (χ1) is 7.22. The number of methoxy groups -OCH3 is 1. The highest BCUT2D eigenvalue weighted by molar-refractivity contribution is 5.68. The highest BCUT2D eigenvalue weighted by Crippen LogP contribution is 1.96. The van der Waals surface area contributed by atoms with Crippen LogP contribution in [0.3, 0.4) is 0 Å². The number of likely N-dealkylation sites (N-methyl/N-ethyl adjacent to an activating group) is 1. The molecule has 0 aromatic heterocycles. The van der Waals surface area contributed by atoms with Gasteiger partial charge < -0.3 is 9.64 Å². The van der Waals surface area contributed by atoms with Crippen molar-refractivity contribution in [1.82, 2.24) is 15.3 Å². The van der Waals surface area contributed by atoms with Gasteiger partial charge in [0.1, 0.15) is 0 Å². The molecule has 0 aliphatic carbocycles. The zero-order valence-electron chi connectivity index (χ0n) is 9.66. The van der Waals surface area contributed by atoms with Crippen molar-refractivity contribution >= 4 is 5.97 Å². The van der Waals surface area contributed by atoms with Crippen LogP contribution in [0.5, 0.6) is 0 Å². The predicted octanol–water partition coefficient (Wildman–Crippen LogP) is -0.308. The van der Waals surface area contributed by atoms with Gasteiger partial charge >= 0.3 is 5.97 Å². The predicted molar refractivity (Wildman–Crippen MR) is 58.3 cm³/mol. The van der Waals surface area contributed by atoms with E-state index in [1.165, 1.54) is 7.11 Å². The second-order valence-corrected chi connectivity index (χ2v) is 3.88. The zero-order valence-corrected chi connectivity index (χ0v) is 9.66. The van der Waals surface area contributed by atoms with Crippen LogP contribution in [0, 0.1) is 0 Å². The number of hydrazine groups is 1. The van der Waals surface area contributed by atoms with Crippen LogP contribution in [0.1, 0.15) is 12.8 Å². The molecule has 0 unspecified atom stereocenters. The first-order valence-electron chi connectivity index (χ1n) is 5.46. The average molecular weight is 215 g/mol.